The Kier molecular flexibility index (Phi) is 6.29. The van der Waals surface area contributed by atoms with Crippen LogP contribution in [-0.2, 0) is 0 Å². The molecular formula is C24H26N2O3. The third kappa shape index (κ3) is 4.46. The molecule has 0 amide bonds. The lowest BCUT2D eigenvalue weighted by Crippen LogP contribution is -2.29. The van der Waals surface area contributed by atoms with Crippen molar-refractivity contribution in [2.45, 2.75) is 26.8 Å². The zero-order chi connectivity index (χ0) is 21.0. The summed E-state index contributed by atoms with van der Waals surface area (Å²) in [6.45, 7) is 5.29. The third-order valence-electron chi connectivity index (χ3n) is 5.12. The maximum Gasteiger partial charge on any atom is 0.193 e. The standard InChI is InChI=1S/C24H26N2O3/c1-15-22(17(3)27)16(2)26-23(15)21(28)14-25-24(18-8-6-5-7-9-18)19-10-12-20(29-4)13-11-19/h5-13,24-26H,14H2,1-4H3. The summed E-state index contributed by atoms with van der Waals surface area (Å²) in [6.07, 6.45) is 0. The molecule has 5 heteroatoms. The van der Waals surface area contributed by atoms with Crippen LogP contribution >= 0.6 is 0 Å². The van der Waals surface area contributed by atoms with Crippen LogP contribution in [0.15, 0.2) is 54.6 Å². The first-order valence-electron chi connectivity index (χ1n) is 9.58. The Morgan fingerprint density at radius 3 is 2.17 bits per heavy atom. The number of Topliss-reactive ketones (excluding diaryl/α,β-unsaturated/α-hetero) is 2. The first-order chi connectivity index (χ1) is 13.9. The summed E-state index contributed by atoms with van der Waals surface area (Å²) in [7, 11) is 1.64. The Labute approximate surface area is 171 Å². The first kappa shape index (κ1) is 20.6. The topological polar surface area (TPSA) is 71.2 Å². The van der Waals surface area contributed by atoms with E-state index < -0.39 is 0 Å². The van der Waals surface area contributed by atoms with Crippen molar-refractivity contribution in [1.29, 1.82) is 0 Å². The van der Waals surface area contributed by atoms with Crippen LogP contribution in [0.25, 0.3) is 0 Å². The van der Waals surface area contributed by atoms with E-state index in [4.69, 9.17) is 4.74 Å². The molecule has 1 atom stereocenters. The molecule has 0 radical (unpaired) electrons. The normalized spacial score (nSPS) is 11.9. The molecule has 29 heavy (non-hydrogen) atoms. The number of rotatable bonds is 8. The largest absolute Gasteiger partial charge is 0.497 e. The van der Waals surface area contributed by atoms with Crippen LogP contribution in [0, 0.1) is 13.8 Å². The number of benzene rings is 2. The lowest BCUT2D eigenvalue weighted by Gasteiger charge is -2.20. The number of nitrogens with one attached hydrogen (secondary N) is 2. The van der Waals surface area contributed by atoms with Gasteiger partial charge in [0.25, 0.3) is 0 Å². The molecule has 1 unspecified atom stereocenters. The van der Waals surface area contributed by atoms with Gasteiger partial charge in [-0.25, -0.2) is 0 Å². The molecule has 1 heterocycles. The number of methoxy groups -OCH3 is 1. The van der Waals surface area contributed by atoms with E-state index in [1.54, 1.807) is 7.11 Å². The number of aryl methyl sites for hydroxylation is 1. The molecule has 0 saturated carbocycles. The molecule has 5 nitrogen and oxygen atoms in total. The molecule has 2 aromatic carbocycles. The zero-order valence-corrected chi connectivity index (χ0v) is 17.2. The van der Waals surface area contributed by atoms with Crippen molar-refractivity contribution in [3.63, 3.8) is 0 Å². The van der Waals surface area contributed by atoms with Crippen molar-refractivity contribution in [2.24, 2.45) is 0 Å². The average molecular weight is 390 g/mol. The molecule has 2 N–H and O–H groups in total. The molecule has 0 fully saturated rings. The minimum atomic E-state index is -0.144. The highest BCUT2D eigenvalue weighted by Crippen LogP contribution is 2.25. The van der Waals surface area contributed by atoms with Gasteiger partial charge >= 0.3 is 0 Å². The lowest BCUT2D eigenvalue weighted by atomic mass is 9.98. The van der Waals surface area contributed by atoms with Crippen LogP contribution in [0.5, 0.6) is 5.75 Å². The van der Waals surface area contributed by atoms with Crippen LogP contribution in [0.1, 0.15) is 56.2 Å². The number of hydrogen-bond donors (Lipinski definition) is 2. The van der Waals surface area contributed by atoms with E-state index in [-0.39, 0.29) is 24.2 Å². The molecule has 1 aromatic heterocycles. The van der Waals surface area contributed by atoms with Crippen LogP contribution < -0.4 is 10.1 Å². The van der Waals surface area contributed by atoms with Crippen molar-refractivity contribution in [2.75, 3.05) is 13.7 Å². The highest BCUT2D eigenvalue weighted by Gasteiger charge is 2.21. The predicted molar refractivity (Wildman–Crippen MR) is 114 cm³/mol. The Balaban J connectivity index is 1.84. The second-order valence-corrected chi connectivity index (χ2v) is 7.10. The molecule has 0 aliphatic rings. The second kappa shape index (κ2) is 8.88. The average Bonchev–Trinajstić information content (AvgIpc) is 3.03. The van der Waals surface area contributed by atoms with E-state index in [1.807, 2.05) is 68.4 Å². The van der Waals surface area contributed by atoms with E-state index in [0.717, 1.165) is 22.6 Å². The molecule has 3 rings (SSSR count). The minimum absolute atomic E-state index is 0.0383. The minimum Gasteiger partial charge on any atom is -0.497 e. The van der Waals surface area contributed by atoms with Crippen molar-refractivity contribution < 1.29 is 14.3 Å². The number of H-pyrrole nitrogens is 1. The van der Waals surface area contributed by atoms with Gasteiger partial charge in [-0.3, -0.25) is 14.9 Å². The van der Waals surface area contributed by atoms with Gasteiger partial charge < -0.3 is 9.72 Å². The van der Waals surface area contributed by atoms with Gasteiger partial charge in [0.1, 0.15) is 5.75 Å². The van der Waals surface area contributed by atoms with Crippen molar-refractivity contribution in [3.8, 4) is 5.75 Å². The summed E-state index contributed by atoms with van der Waals surface area (Å²) in [5, 5.41) is 3.38. The van der Waals surface area contributed by atoms with Crippen LogP contribution in [0.3, 0.4) is 0 Å². The number of ether oxygens (including phenoxy) is 1. The van der Waals surface area contributed by atoms with Gasteiger partial charge in [0, 0.05) is 11.3 Å². The van der Waals surface area contributed by atoms with Gasteiger partial charge in [0.2, 0.25) is 0 Å². The van der Waals surface area contributed by atoms with Gasteiger partial charge in [-0.2, -0.15) is 0 Å². The van der Waals surface area contributed by atoms with Gasteiger partial charge in [-0.05, 0) is 49.6 Å². The highest BCUT2D eigenvalue weighted by molar-refractivity contribution is 6.03. The Bertz CT molecular complexity index is 1000. The van der Waals surface area contributed by atoms with E-state index >= 15 is 0 Å². The van der Waals surface area contributed by atoms with E-state index in [9.17, 15) is 9.59 Å². The van der Waals surface area contributed by atoms with Crippen molar-refractivity contribution in [1.82, 2.24) is 10.3 Å². The fraction of sp³-hybridized carbons (Fsp3) is 0.250. The lowest BCUT2D eigenvalue weighted by molar-refractivity contribution is 0.0983. The molecule has 0 bridgehead atoms. The van der Waals surface area contributed by atoms with Crippen molar-refractivity contribution in [3.05, 3.63) is 88.2 Å². The number of carbonyl (C=O) groups excluding carboxylic acids is 2. The summed E-state index contributed by atoms with van der Waals surface area (Å²) in [6, 6.07) is 17.6. The van der Waals surface area contributed by atoms with E-state index in [1.165, 1.54) is 6.92 Å². The summed E-state index contributed by atoms with van der Waals surface area (Å²) in [5.74, 6) is 0.669. The Morgan fingerprint density at radius 1 is 1.00 bits per heavy atom. The third-order valence-corrected chi connectivity index (χ3v) is 5.12. The van der Waals surface area contributed by atoms with Gasteiger partial charge in [-0.15, -0.1) is 0 Å². The molecule has 0 spiro atoms. The van der Waals surface area contributed by atoms with Crippen LogP contribution in [-0.4, -0.2) is 30.2 Å². The summed E-state index contributed by atoms with van der Waals surface area (Å²) >= 11 is 0. The number of aromatic nitrogens is 1. The fourth-order valence-corrected chi connectivity index (χ4v) is 3.71. The van der Waals surface area contributed by atoms with Gasteiger partial charge in [0.05, 0.1) is 25.4 Å². The Hall–Kier alpha value is -3.18. The summed E-state index contributed by atoms with van der Waals surface area (Å²) in [4.78, 5) is 27.8. The second-order valence-electron chi connectivity index (χ2n) is 7.10. The monoisotopic (exact) mass is 390 g/mol. The van der Waals surface area contributed by atoms with Crippen molar-refractivity contribution >= 4 is 11.6 Å². The van der Waals surface area contributed by atoms with Gasteiger partial charge in [-0.1, -0.05) is 42.5 Å². The quantitative estimate of drug-likeness (QED) is 0.559. The highest BCUT2D eigenvalue weighted by atomic mass is 16.5. The molecule has 0 saturated heterocycles. The van der Waals surface area contributed by atoms with E-state index in [0.29, 0.717) is 16.8 Å². The predicted octanol–water partition coefficient (Wildman–Crippen LogP) is 4.40. The maximum atomic E-state index is 12.9. The zero-order valence-electron chi connectivity index (χ0n) is 17.2. The van der Waals surface area contributed by atoms with E-state index in [2.05, 4.69) is 10.3 Å². The smallest absolute Gasteiger partial charge is 0.193 e. The first-order valence-corrected chi connectivity index (χ1v) is 9.58. The summed E-state index contributed by atoms with van der Waals surface area (Å²) < 4.78 is 5.25. The molecular weight excluding hydrogens is 364 g/mol. The molecule has 0 aliphatic carbocycles. The number of ketones is 2. The van der Waals surface area contributed by atoms with Gasteiger partial charge in [0.15, 0.2) is 11.6 Å². The maximum absolute atomic E-state index is 12.9. The Morgan fingerprint density at radius 2 is 1.62 bits per heavy atom. The number of aromatic amines is 1. The number of carbonyl (C=O) groups is 2. The summed E-state index contributed by atoms with van der Waals surface area (Å²) in [5.41, 5.74) is 4.63. The van der Waals surface area contributed by atoms with Crippen LogP contribution in [0.4, 0.5) is 0 Å². The van der Waals surface area contributed by atoms with Crippen LogP contribution in [0.2, 0.25) is 0 Å². The molecule has 0 aliphatic heterocycles. The molecule has 3 aromatic rings. The number of hydrogen-bond acceptors (Lipinski definition) is 4. The molecule has 150 valence electrons. The fourth-order valence-electron chi connectivity index (χ4n) is 3.71. The SMILES string of the molecule is COc1ccc(C(NCC(=O)c2[nH]c(C)c(C(C)=O)c2C)c2ccccc2)cc1.